The van der Waals surface area contributed by atoms with Gasteiger partial charge in [0.15, 0.2) is 0 Å². The molecule has 0 aromatic carbocycles. The van der Waals surface area contributed by atoms with E-state index in [1.54, 1.807) is 0 Å². The maximum Gasteiger partial charge on any atom is 0.239 e. The van der Waals surface area contributed by atoms with Crippen molar-refractivity contribution >= 4 is 5.91 Å². The second kappa shape index (κ2) is 6.36. The standard InChI is InChI=1S/C13H24N2O2/c1-2-15(9-11-6-8-17-10-11)13(16)12-5-3-4-7-14-12/h11-12,14H,2-10H2,1H3. The van der Waals surface area contributed by atoms with Crippen LogP contribution < -0.4 is 5.32 Å². The lowest BCUT2D eigenvalue weighted by Crippen LogP contribution is -2.49. The molecule has 0 radical (unpaired) electrons. The van der Waals surface area contributed by atoms with Crippen molar-refractivity contribution in [2.75, 3.05) is 32.8 Å². The third-order valence-corrected chi connectivity index (χ3v) is 3.80. The van der Waals surface area contributed by atoms with Crippen LogP contribution in [0.1, 0.15) is 32.6 Å². The molecule has 2 saturated heterocycles. The molecule has 2 aliphatic heterocycles. The summed E-state index contributed by atoms with van der Waals surface area (Å²) in [6.07, 6.45) is 4.47. The maximum absolute atomic E-state index is 12.3. The minimum atomic E-state index is 0.0611. The smallest absolute Gasteiger partial charge is 0.239 e. The van der Waals surface area contributed by atoms with E-state index in [-0.39, 0.29) is 6.04 Å². The first-order valence-electron chi connectivity index (χ1n) is 6.91. The highest BCUT2D eigenvalue weighted by atomic mass is 16.5. The quantitative estimate of drug-likeness (QED) is 0.797. The van der Waals surface area contributed by atoms with E-state index in [0.717, 1.165) is 45.7 Å². The molecule has 4 nitrogen and oxygen atoms in total. The highest BCUT2D eigenvalue weighted by Gasteiger charge is 2.27. The Hall–Kier alpha value is -0.610. The molecule has 4 heteroatoms. The first-order chi connectivity index (χ1) is 8.31. The van der Waals surface area contributed by atoms with Crippen LogP contribution in [0.15, 0.2) is 0 Å². The van der Waals surface area contributed by atoms with Crippen molar-refractivity contribution in [3.8, 4) is 0 Å². The van der Waals surface area contributed by atoms with Crippen molar-refractivity contribution in [1.29, 1.82) is 0 Å². The Labute approximate surface area is 104 Å². The largest absolute Gasteiger partial charge is 0.381 e. The van der Waals surface area contributed by atoms with Gasteiger partial charge in [0.25, 0.3) is 0 Å². The molecule has 0 bridgehead atoms. The van der Waals surface area contributed by atoms with E-state index in [1.807, 2.05) is 4.90 Å². The van der Waals surface area contributed by atoms with Gasteiger partial charge in [0.2, 0.25) is 5.91 Å². The zero-order chi connectivity index (χ0) is 12.1. The van der Waals surface area contributed by atoms with Crippen molar-refractivity contribution in [3.63, 3.8) is 0 Å². The average molecular weight is 240 g/mol. The molecule has 2 fully saturated rings. The van der Waals surface area contributed by atoms with Gasteiger partial charge in [-0.15, -0.1) is 0 Å². The zero-order valence-corrected chi connectivity index (χ0v) is 10.8. The molecule has 1 amide bonds. The number of nitrogens with zero attached hydrogens (tertiary/aromatic N) is 1. The number of hydrogen-bond donors (Lipinski definition) is 1. The number of rotatable bonds is 4. The minimum absolute atomic E-state index is 0.0611. The normalized spacial score (nSPS) is 29.2. The maximum atomic E-state index is 12.3. The Kier molecular flexibility index (Phi) is 4.80. The molecule has 2 rings (SSSR count). The molecule has 2 heterocycles. The Morgan fingerprint density at radius 3 is 2.88 bits per heavy atom. The lowest BCUT2D eigenvalue weighted by molar-refractivity contribution is -0.134. The third kappa shape index (κ3) is 3.42. The molecule has 0 aromatic heterocycles. The number of piperidine rings is 1. The molecular weight excluding hydrogens is 216 g/mol. The van der Waals surface area contributed by atoms with Crippen LogP contribution in [-0.2, 0) is 9.53 Å². The van der Waals surface area contributed by atoms with E-state index < -0.39 is 0 Å². The van der Waals surface area contributed by atoms with Crippen LogP contribution in [0.3, 0.4) is 0 Å². The number of amides is 1. The molecule has 0 saturated carbocycles. The number of hydrogen-bond acceptors (Lipinski definition) is 3. The SMILES string of the molecule is CCN(CC1CCOC1)C(=O)C1CCCCN1. The van der Waals surface area contributed by atoms with E-state index in [2.05, 4.69) is 12.2 Å². The predicted octanol–water partition coefficient (Wildman–Crippen LogP) is 1.01. The zero-order valence-electron chi connectivity index (χ0n) is 10.8. The van der Waals surface area contributed by atoms with Gasteiger partial charge in [-0.2, -0.15) is 0 Å². The minimum Gasteiger partial charge on any atom is -0.381 e. The summed E-state index contributed by atoms with van der Waals surface area (Å²) in [4.78, 5) is 14.3. The second-order valence-corrected chi connectivity index (χ2v) is 5.11. The van der Waals surface area contributed by atoms with E-state index in [1.165, 1.54) is 12.8 Å². The molecule has 2 aliphatic rings. The van der Waals surface area contributed by atoms with E-state index in [4.69, 9.17) is 4.74 Å². The van der Waals surface area contributed by atoms with Crippen LogP contribution in [0, 0.1) is 5.92 Å². The summed E-state index contributed by atoms with van der Waals surface area (Å²) in [5.74, 6) is 0.835. The molecule has 2 atom stereocenters. The van der Waals surface area contributed by atoms with Gasteiger partial charge in [0.05, 0.1) is 12.6 Å². The lowest BCUT2D eigenvalue weighted by atomic mass is 10.0. The van der Waals surface area contributed by atoms with Crippen LogP contribution in [0.5, 0.6) is 0 Å². The second-order valence-electron chi connectivity index (χ2n) is 5.11. The lowest BCUT2D eigenvalue weighted by Gasteiger charge is -2.30. The number of nitrogens with one attached hydrogen (secondary N) is 1. The average Bonchev–Trinajstić information content (AvgIpc) is 2.89. The highest BCUT2D eigenvalue weighted by molar-refractivity contribution is 5.82. The number of carbonyl (C=O) groups is 1. The van der Waals surface area contributed by atoms with Crippen molar-refractivity contribution in [3.05, 3.63) is 0 Å². The fraction of sp³-hybridized carbons (Fsp3) is 0.923. The first-order valence-corrected chi connectivity index (χ1v) is 6.91. The van der Waals surface area contributed by atoms with Gasteiger partial charge in [0.1, 0.15) is 0 Å². The van der Waals surface area contributed by atoms with E-state index in [9.17, 15) is 4.79 Å². The number of ether oxygens (including phenoxy) is 1. The fourth-order valence-electron chi connectivity index (χ4n) is 2.70. The Morgan fingerprint density at radius 1 is 1.41 bits per heavy atom. The van der Waals surface area contributed by atoms with Crippen LogP contribution in [0.25, 0.3) is 0 Å². The van der Waals surface area contributed by atoms with Gasteiger partial charge >= 0.3 is 0 Å². The van der Waals surface area contributed by atoms with Gasteiger partial charge in [-0.05, 0) is 32.7 Å². The molecule has 0 aliphatic carbocycles. The van der Waals surface area contributed by atoms with Gasteiger partial charge in [-0.25, -0.2) is 0 Å². The number of likely N-dealkylation sites (N-methyl/N-ethyl adjacent to an activating group) is 1. The topological polar surface area (TPSA) is 41.6 Å². The van der Waals surface area contributed by atoms with Crippen molar-refractivity contribution in [2.24, 2.45) is 5.92 Å². The molecule has 0 spiro atoms. The van der Waals surface area contributed by atoms with Crippen LogP contribution in [0.2, 0.25) is 0 Å². The summed E-state index contributed by atoms with van der Waals surface area (Å²) in [5.41, 5.74) is 0. The van der Waals surface area contributed by atoms with Crippen LogP contribution in [-0.4, -0.2) is 49.7 Å². The predicted molar refractivity (Wildman–Crippen MR) is 66.8 cm³/mol. The van der Waals surface area contributed by atoms with Gasteiger partial charge in [-0.1, -0.05) is 6.42 Å². The van der Waals surface area contributed by atoms with Crippen LogP contribution in [0.4, 0.5) is 0 Å². The monoisotopic (exact) mass is 240 g/mol. The fourth-order valence-corrected chi connectivity index (χ4v) is 2.70. The molecule has 1 N–H and O–H groups in total. The summed E-state index contributed by atoms with van der Waals surface area (Å²) >= 11 is 0. The van der Waals surface area contributed by atoms with E-state index in [0.29, 0.717) is 11.8 Å². The van der Waals surface area contributed by atoms with Crippen molar-refractivity contribution in [1.82, 2.24) is 10.2 Å². The third-order valence-electron chi connectivity index (χ3n) is 3.80. The summed E-state index contributed by atoms with van der Waals surface area (Å²) < 4.78 is 5.37. The van der Waals surface area contributed by atoms with Gasteiger partial charge in [0, 0.05) is 25.6 Å². The van der Waals surface area contributed by atoms with Crippen molar-refractivity contribution < 1.29 is 9.53 Å². The van der Waals surface area contributed by atoms with E-state index >= 15 is 0 Å². The van der Waals surface area contributed by atoms with Crippen molar-refractivity contribution in [2.45, 2.75) is 38.6 Å². The summed E-state index contributed by atoms with van der Waals surface area (Å²) in [6, 6.07) is 0.0611. The number of carbonyl (C=O) groups excluding carboxylic acids is 1. The Bertz CT molecular complexity index is 246. The molecular formula is C13H24N2O2. The summed E-state index contributed by atoms with van der Waals surface area (Å²) in [7, 11) is 0. The molecule has 0 aromatic rings. The summed E-state index contributed by atoms with van der Waals surface area (Å²) in [5, 5.41) is 3.34. The molecule has 2 unspecified atom stereocenters. The Balaban J connectivity index is 1.84. The Morgan fingerprint density at radius 2 is 2.29 bits per heavy atom. The van der Waals surface area contributed by atoms with Gasteiger partial charge < -0.3 is 15.0 Å². The van der Waals surface area contributed by atoms with Gasteiger partial charge in [-0.3, -0.25) is 4.79 Å². The highest BCUT2D eigenvalue weighted by Crippen LogP contribution is 2.16. The molecule has 98 valence electrons. The van der Waals surface area contributed by atoms with Crippen LogP contribution >= 0.6 is 0 Å². The first kappa shape index (κ1) is 12.8. The molecule has 17 heavy (non-hydrogen) atoms. The summed E-state index contributed by atoms with van der Waals surface area (Å²) in [6.45, 7) is 6.41.